The highest BCUT2D eigenvalue weighted by atomic mass is 32.1. The van der Waals surface area contributed by atoms with Crippen LogP contribution in [0.5, 0.6) is 0 Å². The number of aryl methyl sites for hydroxylation is 2. The zero-order valence-corrected chi connectivity index (χ0v) is 28.6. The first-order chi connectivity index (χ1) is 24.2. The number of Topliss-reactive ketones (excluding diaryl/α,β-unsaturated/α-hetero) is 1. The number of amides is 2. The van der Waals surface area contributed by atoms with Gasteiger partial charge in [0, 0.05) is 59.4 Å². The molecular formula is C40H35FN4O4S. The van der Waals surface area contributed by atoms with Gasteiger partial charge in [-0.3, -0.25) is 14.4 Å². The lowest BCUT2D eigenvalue weighted by atomic mass is 9.78. The van der Waals surface area contributed by atoms with Crippen LogP contribution in [-0.2, 0) is 17.6 Å². The number of halogens is 1. The summed E-state index contributed by atoms with van der Waals surface area (Å²) in [5.74, 6) is -0.199. The monoisotopic (exact) mass is 686 g/mol. The molecule has 0 atom stereocenters. The third-order valence-electron chi connectivity index (χ3n) is 9.84. The molecule has 2 fully saturated rings. The second-order valence-electron chi connectivity index (χ2n) is 13.6. The van der Waals surface area contributed by atoms with Crippen LogP contribution >= 0.6 is 11.3 Å². The molecule has 2 amide bonds. The van der Waals surface area contributed by atoms with E-state index in [0.29, 0.717) is 34.5 Å². The summed E-state index contributed by atoms with van der Waals surface area (Å²) in [4.78, 5) is 50.8. The van der Waals surface area contributed by atoms with E-state index in [1.807, 2.05) is 49.5 Å². The van der Waals surface area contributed by atoms with Gasteiger partial charge in [0.2, 0.25) is 0 Å². The van der Waals surface area contributed by atoms with Crippen molar-refractivity contribution in [2.24, 2.45) is 5.41 Å². The molecule has 0 aliphatic carbocycles. The Labute approximate surface area is 293 Å². The number of hydrogen-bond acceptors (Lipinski definition) is 7. The van der Waals surface area contributed by atoms with E-state index >= 15 is 0 Å². The van der Waals surface area contributed by atoms with Gasteiger partial charge in [0.15, 0.2) is 5.78 Å². The zero-order valence-electron chi connectivity index (χ0n) is 27.8. The number of nitrogens with zero attached hydrogens (tertiary/aromatic N) is 3. The molecule has 1 N–H and O–H groups in total. The lowest BCUT2D eigenvalue weighted by molar-refractivity contribution is -0.127. The largest absolute Gasteiger partial charge is 0.380 e. The number of benzene rings is 3. The minimum absolute atomic E-state index is 0.0329. The summed E-state index contributed by atoms with van der Waals surface area (Å²) in [5, 5.41) is 2.74. The summed E-state index contributed by atoms with van der Waals surface area (Å²) in [5.41, 5.74) is 6.53. The molecule has 10 heteroatoms. The summed E-state index contributed by atoms with van der Waals surface area (Å²) < 4.78 is 19.9. The molecular weight excluding hydrogens is 652 g/mol. The van der Waals surface area contributed by atoms with E-state index in [2.05, 4.69) is 15.2 Å². The Balaban J connectivity index is 0.989. The minimum atomic E-state index is -0.481. The number of nitrogens with one attached hydrogen (secondary N) is 1. The summed E-state index contributed by atoms with van der Waals surface area (Å²) in [6.45, 7) is 7.48. The fourth-order valence-corrected chi connectivity index (χ4v) is 8.28. The molecule has 5 aromatic rings. The minimum Gasteiger partial charge on any atom is -0.380 e. The van der Waals surface area contributed by atoms with Crippen molar-refractivity contribution in [2.45, 2.75) is 26.7 Å². The number of carbonyl (C=O) groups is 3. The van der Waals surface area contributed by atoms with Crippen molar-refractivity contribution in [3.63, 3.8) is 0 Å². The van der Waals surface area contributed by atoms with E-state index < -0.39 is 5.82 Å². The van der Waals surface area contributed by atoms with Gasteiger partial charge in [-0.2, -0.15) is 0 Å². The van der Waals surface area contributed by atoms with Gasteiger partial charge in [0.25, 0.3) is 11.8 Å². The SMILES string of the molecule is Cc1cnc(N2CC3(COC3)C2)c(CC(=O)c2ccc(C(=O)N3CCc4cc(C(=O)Nc5c(C)cccc5F)sc4-c4ccccc43)cc2)c1. The predicted octanol–water partition coefficient (Wildman–Crippen LogP) is 7.28. The highest BCUT2D eigenvalue weighted by molar-refractivity contribution is 7.17. The van der Waals surface area contributed by atoms with Crippen molar-refractivity contribution in [3.05, 3.63) is 129 Å². The molecule has 3 aliphatic heterocycles. The number of anilines is 3. The third-order valence-corrected chi connectivity index (χ3v) is 11.0. The number of fused-ring (bicyclic) bond motifs is 3. The molecule has 3 aliphatic rings. The summed E-state index contributed by atoms with van der Waals surface area (Å²) in [6.07, 6.45) is 2.60. The summed E-state index contributed by atoms with van der Waals surface area (Å²) >= 11 is 1.34. The van der Waals surface area contributed by atoms with Gasteiger partial charge in [-0.15, -0.1) is 11.3 Å². The van der Waals surface area contributed by atoms with Gasteiger partial charge < -0.3 is 19.9 Å². The molecule has 3 aromatic carbocycles. The third kappa shape index (κ3) is 5.78. The first kappa shape index (κ1) is 32.0. The molecule has 2 saturated heterocycles. The normalized spacial score (nSPS) is 15.7. The standard InChI is InChI=1S/C40H35FN4O4S/c1-24-16-29(37(42-19-24)44-20-40(21-44)22-49-23-40)17-33(46)26-10-12-27(13-11-26)39(48)45-15-14-28-18-34(50-36(28)30-7-3-4-9-32(30)45)38(47)43-35-25(2)6-5-8-31(35)41/h3-13,16,18-19H,14-15,17,20-23H2,1-2H3,(H,43,47). The number of hydrogen-bond donors (Lipinski definition) is 1. The van der Waals surface area contributed by atoms with Gasteiger partial charge in [-0.25, -0.2) is 9.37 Å². The van der Waals surface area contributed by atoms with E-state index in [4.69, 9.17) is 4.74 Å². The van der Waals surface area contributed by atoms with Crippen LogP contribution in [0.4, 0.5) is 21.6 Å². The van der Waals surface area contributed by atoms with Gasteiger partial charge in [0.05, 0.1) is 34.9 Å². The fraction of sp³-hybridized carbons (Fsp3) is 0.250. The van der Waals surface area contributed by atoms with Crippen LogP contribution in [0.3, 0.4) is 0 Å². The van der Waals surface area contributed by atoms with Crippen LogP contribution in [0, 0.1) is 25.1 Å². The van der Waals surface area contributed by atoms with Gasteiger partial charge in [-0.1, -0.05) is 48.5 Å². The maximum Gasteiger partial charge on any atom is 0.265 e. The first-order valence-corrected chi connectivity index (χ1v) is 17.5. The quantitative estimate of drug-likeness (QED) is 0.181. The zero-order chi connectivity index (χ0) is 34.6. The average Bonchev–Trinajstić information content (AvgIpc) is 3.44. The van der Waals surface area contributed by atoms with Crippen molar-refractivity contribution in [1.29, 1.82) is 0 Å². The van der Waals surface area contributed by atoms with Crippen LogP contribution in [0.1, 0.15) is 52.6 Å². The number of para-hydroxylation sites is 2. The number of ketones is 1. The lowest BCUT2D eigenvalue weighted by Crippen LogP contribution is -2.66. The molecule has 0 unspecified atom stereocenters. The van der Waals surface area contributed by atoms with E-state index in [1.54, 1.807) is 48.2 Å². The fourth-order valence-electron chi connectivity index (χ4n) is 7.14. The van der Waals surface area contributed by atoms with Crippen molar-refractivity contribution in [2.75, 3.05) is 48.0 Å². The topological polar surface area (TPSA) is 91.8 Å². The maximum absolute atomic E-state index is 14.4. The number of thiophene rings is 1. The molecule has 50 heavy (non-hydrogen) atoms. The Hall–Kier alpha value is -5.19. The molecule has 8 rings (SSSR count). The number of carbonyl (C=O) groups excluding carboxylic acids is 3. The van der Waals surface area contributed by atoms with Gasteiger partial charge >= 0.3 is 0 Å². The molecule has 0 radical (unpaired) electrons. The second-order valence-corrected chi connectivity index (χ2v) is 14.6. The van der Waals surface area contributed by atoms with Crippen LogP contribution in [0.2, 0.25) is 0 Å². The maximum atomic E-state index is 14.4. The molecule has 2 aromatic heterocycles. The number of rotatable bonds is 7. The van der Waals surface area contributed by atoms with E-state index in [0.717, 1.165) is 64.9 Å². The highest BCUT2D eigenvalue weighted by Gasteiger charge is 2.49. The number of aromatic nitrogens is 1. The molecule has 0 bridgehead atoms. The van der Waals surface area contributed by atoms with Crippen LogP contribution in [0.15, 0.2) is 85.1 Å². The molecule has 252 valence electrons. The Morgan fingerprint density at radius 3 is 2.46 bits per heavy atom. The second kappa shape index (κ2) is 12.6. The van der Waals surface area contributed by atoms with E-state index in [1.165, 1.54) is 17.4 Å². The van der Waals surface area contributed by atoms with E-state index in [9.17, 15) is 18.8 Å². The predicted molar refractivity (Wildman–Crippen MR) is 193 cm³/mol. The van der Waals surface area contributed by atoms with Crippen LogP contribution in [0.25, 0.3) is 10.4 Å². The average molecular weight is 687 g/mol. The van der Waals surface area contributed by atoms with Crippen molar-refractivity contribution in [3.8, 4) is 10.4 Å². The Kier molecular flexibility index (Phi) is 8.08. The smallest absolute Gasteiger partial charge is 0.265 e. The summed E-state index contributed by atoms with van der Waals surface area (Å²) in [7, 11) is 0. The van der Waals surface area contributed by atoms with Crippen LogP contribution in [-0.4, -0.2) is 55.4 Å². The Morgan fingerprint density at radius 2 is 1.72 bits per heavy atom. The first-order valence-electron chi connectivity index (χ1n) is 16.7. The number of pyridine rings is 1. The summed E-state index contributed by atoms with van der Waals surface area (Å²) in [6, 6.07) is 23.1. The van der Waals surface area contributed by atoms with Crippen molar-refractivity contribution >= 4 is 46.1 Å². The number of ether oxygens (including phenoxy) is 1. The molecule has 8 nitrogen and oxygen atoms in total. The van der Waals surface area contributed by atoms with Gasteiger partial charge in [-0.05, 0) is 67.3 Å². The van der Waals surface area contributed by atoms with Crippen molar-refractivity contribution in [1.82, 2.24) is 4.98 Å². The molecule has 5 heterocycles. The van der Waals surface area contributed by atoms with E-state index in [-0.39, 0.29) is 35.1 Å². The van der Waals surface area contributed by atoms with Crippen molar-refractivity contribution < 1.29 is 23.5 Å². The molecule has 0 saturated carbocycles. The Morgan fingerprint density at radius 1 is 0.960 bits per heavy atom. The van der Waals surface area contributed by atoms with Gasteiger partial charge in [0.1, 0.15) is 11.6 Å². The highest BCUT2D eigenvalue weighted by Crippen LogP contribution is 2.43. The lowest BCUT2D eigenvalue weighted by Gasteiger charge is -2.55. The Bertz CT molecular complexity index is 2150. The van der Waals surface area contributed by atoms with Crippen LogP contribution < -0.4 is 15.1 Å². The molecule has 1 spiro atoms.